The van der Waals surface area contributed by atoms with Gasteiger partial charge in [-0.15, -0.1) is 0 Å². The molecular weight excluding hydrogens is 1180 g/mol. The van der Waals surface area contributed by atoms with Crippen LogP contribution in [0.25, 0.3) is 145 Å². The number of aromatic nitrogens is 4. The molecule has 96 heavy (non-hydrogen) atoms. The topological polar surface area (TPSA) is 226 Å². The van der Waals surface area contributed by atoms with E-state index in [1.165, 1.54) is 0 Å². The molecule has 3 aromatic heterocycles. The van der Waals surface area contributed by atoms with Crippen molar-refractivity contribution >= 4 is 43.6 Å². The Hall–Kier alpha value is -14.8. The Balaban J connectivity index is 1.03. The lowest BCUT2D eigenvalue weighted by molar-refractivity contribution is 1.15. The minimum atomic E-state index is 0.348. The molecule has 0 bridgehead atoms. The number of benzene rings is 12. The fourth-order valence-electron chi connectivity index (χ4n) is 13.0. The highest BCUT2D eigenvalue weighted by Gasteiger charge is 2.25. The summed E-state index contributed by atoms with van der Waals surface area (Å²) in [6, 6.07) is 99.4. The standard InChI is InChI=1S/C84H42N12/c85-43-51-25-52(44-86)30-66(29-51)61-15-20-80-72(37-61)73-38-62(67-31-53(45-87)26-54(32-67)46-88)16-21-81(73)95(80)78-14-8-7-13-70(78)71-41-65(84-93-76(59-9-3-1-4-10-59)42-77(94-84)60-11-5-2-6-12-60)19-24-79(71)96-82-22-17-63(68-33-55(47-89)27-56(34-68)48-90)39-74(82)75-40-64(18-23-83(75)96)69-35-57(49-91)28-58(36-69)50-92/h1-42H. The van der Waals surface area contributed by atoms with Crippen molar-refractivity contribution in [3.63, 3.8) is 0 Å². The van der Waals surface area contributed by atoms with Gasteiger partial charge in [-0.25, -0.2) is 9.97 Å². The third-order valence-electron chi connectivity index (χ3n) is 17.4. The first-order valence-electron chi connectivity index (χ1n) is 30.4. The molecule has 0 fully saturated rings. The molecule has 0 aliphatic carbocycles. The third kappa shape index (κ3) is 10.3. The van der Waals surface area contributed by atoms with E-state index in [0.717, 1.165) is 116 Å². The van der Waals surface area contributed by atoms with Crippen molar-refractivity contribution in [2.45, 2.75) is 0 Å². The van der Waals surface area contributed by atoms with Gasteiger partial charge in [-0.2, -0.15) is 42.1 Å². The van der Waals surface area contributed by atoms with E-state index in [1.807, 2.05) is 103 Å². The summed E-state index contributed by atoms with van der Waals surface area (Å²) >= 11 is 0. The first-order chi connectivity index (χ1) is 47.1. The van der Waals surface area contributed by atoms with Crippen molar-refractivity contribution in [3.8, 4) is 149 Å². The van der Waals surface area contributed by atoms with Crippen LogP contribution in [0, 0.1) is 90.6 Å². The maximum absolute atomic E-state index is 10.1. The van der Waals surface area contributed by atoms with Gasteiger partial charge in [0.1, 0.15) is 0 Å². The first kappa shape index (κ1) is 57.7. The van der Waals surface area contributed by atoms with Gasteiger partial charge in [0.15, 0.2) is 5.82 Å². The highest BCUT2D eigenvalue weighted by molar-refractivity contribution is 6.14. The van der Waals surface area contributed by atoms with Crippen LogP contribution < -0.4 is 0 Å². The summed E-state index contributed by atoms with van der Waals surface area (Å²) < 4.78 is 4.48. The summed E-state index contributed by atoms with van der Waals surface area (Å²) in [4.78, 5) is 10.7. The SMILES string of the molecule is N#Cc1cc(C#N)cc(-c2ccc3c(c2)c2cc(-c4cc(C#N)cc(C#N)c4)ccc2n3-c2ccccc2-c2cc(-c3nc(-c4ccccc4)cc(-c4ccccc4)n3)ccc2-n2c3ccc(-c4cc(C#N)cc(C#N)c4)cc3c3cc(-c4cc(C#N)cc(C#N)c4)ccc32)c1. The van der Waals surface area contributed by atoms with Crippen LogP contribution in [0.5, 0.6) is 0 Å². The van der Waals surface area contributed by atoms with Crippen LogP contribution in [-0.2, 0) is 0 Å². The third-order valence-corrected chi connectivity index (χ3v) is 17.4. The molecular formula is C84H42N12. The average molecular weight is 1220 g/mol. The summed E-state index contributed by atoms with van der Waals surface area (Å²) in [6.07, 6.45) is 0. The van der Waals surface area contributed by atoms with Crippen molar-refractivity contribution < 1.29 is 0 Å². The Morgan fingerprint density at radius 3 is 0.833 bits per heavy atom. The number of nitriles is 8. The van der Waals surface area contributed by atoms with E-state index in [-0.39, 0.29) is 0 Å². The van der Waals surface area contributed by atoms with Crippen LogP contribution in [-0.4, -0.2) is 19.1 Å². The van der Waals surface area contributed by atoms with E-state index >= 15 is 0 Å². The van der Waals surface area contributed by atoms with Crippen LogP contribution in [0.4, 0.5) is 0 Å². The van der Waals surface area contributed by atoms with Crippen molar-refractivity contribution in [1.82, 2.24) is 19.1 Å². The zero-order valence-corrected chi connectivity index (χ0v) is 50.6. The Morgan fingerprint density at radius 2 is 0.510 bits per heavy atom. The summed E-state index contributed by atoms with van der Waals surface area (Å²) in [5.41, 5.74) is 19.2. The molecule has 0 spiro atoms. The monoisotopic (exact) mass is 1220 g/mol. The van der Waals surface area contributed by atoms with Crippen molar-refractivity contribution in [3.05, 3.63) is 299 Å². The molecule has 0 saturated heterocycles. The number of nitrogens with zero attached hydrogens (tertiary/aromatic N) is 12. The zero-order chi connectivity index (χ0) is 65.6. The molecule has 12 aromatic carbocycles. The molecule has 0 saturated carbocycles. The summed E-state index contributed by atoms with van der Waals surface area (Å²) in [7, 11) is 0. The van der Waals surface area contributed by atoms with E-state index in [0.29, 0.717) is 72.6 Å². The van der Waals surface area contributed by atoms with E-state index in [9.17, 15) is 42.1 Å². The molecule has 438 valence electrons. The first-order valence-corrected chi connectivity index (χ1v) is 30.4. The molecule has 0 atom stereocenters. The number of hydrogen-bond acceptors (Lipinski definition) is 10. The van der Waals surface area contributed by atoms with Crippen LogP contribution in [0.3, 0.4) is 0 Å². The maximum Gasteiger partial charge on any atom is 0.160 e. The molecule has 0 amide bonds. The molecule has 12 nitrogen and oxygen atoms in total. The molecule has 0 aliphatic heterocycles. The lowest BCUT2D eigenvalue weighted by Crippen LogP contribution is -2.03. The van der Waals surface area contributed by atoms with Crippen LogP contribution in [0.15, 0.2) is 255 Å². The number of para-hydroxylation sites is 1. The summed E-state index contributed by atoms with van der Waals surface area (Å²) in [6.45, 7) is 0. The minimum absolute atomic E-state index is 0.348. The van der Waals surface area contributed by atoms with Gasteiger partial charge in [0, 0.05) is 49.4 Å². The van der Waals surface area contributed by atoms with E-state index in [1.54, 1.807) is 72.8 Å². The predicted molar refractivity (Wildman–Crippen MR) is 372 cm³/mol. The van der Waals surface area contributed by atoms with Gasteiger partial charge in [-0.1, -0.05) is 103 Å². The molecule has 0 N–H and O–H groups in total. The van der Waals surface area contributed by atoms with Gasteiger partial charge in [-0.3, -0.25) is 0 Å². The largest absolute Gasteiger partial charge is 0.309 e. The van der Waals surface area contributed by atoms with E-state index in [2.05, 4.69) is 137 Å². The lowest BCUT2D eigenvalue weighted by Gasteiger charge is -2.20. The highest BCUT2D eigenvalue weighted by Crippen LogP contribution is 2.45. The Bertz CT molecular complexity index is 5740. The maximum atomic E-state index is 10.1. The summed E-state index contributed by atoms with van der Waals surface area (Å²) in [5, 5.41) is 84.4. The Kier molecular flexibility index (Phi) is 14.3. The second-order valence-corrected chi connectivity index (χ2v) is 23.1. The van der Waals surface area contributed by atoms with E-state index < -0.39 is 0 Å². The normalized spacial score (nSPS) is 10.8. The fraction of sp³-hybridized carbons (Fsp3) is 0. The number of fused-ring (bicyclic) bond motifs is 6. The van der Waals surface area contributed by atoms with Crippen LogP contribution >= 0.6 is 0 Å². The van der Waals surface area contributed by atoms with Crippen LogP contribution in [0.1, 0.15) is 44.5 Å². The quantitative estimate of drug-likeness (QED) is 0.126. The zero-order valence-electron chi connectivity index (χ0n) is 50.6. The van der Waals surface area contributed by atoms with E-state index in [4.69, 9.17) is 9.97 Å². The number of rotatable bonds is 10. The van der Waals surface area contributed by atoms with Crippen LogP contribution in [0.2, 0.25) is 0 Å². The van der Waals surface area contributed by atoms with Gasteiger partial charge in [0.2, 0.25) is 0 Å². The molecule has 3 heterocycles. The highest BCUT2D eigenvalue weighted by atomic mass is 15.0. The van der Waals surface area contributed by atoms with Gasteiger partial charge in [0.05, 0.1) is 138 Å². The summed E-state index contributed by atoms with van der Waals surface area (Å²) in [5.74, 6) is 0.488. The van der Waals surface area contributed by atoms with Gasteiger partial charge in [-0.05, 0) is 196 Å². The van der Waals surface area contributed by atoms with Crippen molar-refractivity contribution in [2.75, 3.05) is 0 Å². The average Bonchev–Trinajstić information content (AvgIpc) is 1.55. The minimum Gasteiger partial charge on any atom is -0.309 e. The molecule has 0 unspecified atom stereocenters. The second kappa shape index (κ2) is 23.9. The second-order valence-electron chi connectivity index (χ2n) is 23.1. The smallest absolute Gasteiger partial charge is 0.160 e. The van der Waals surface area contributed by atoms with Crippen molar-refractivity contribution in [1.29, 1.82) is 42.1 Å². The predicted octanol–water partition coefficient (Wildman–Crippen LogP) is 19.0. The van der Waals surface area contributed by atoms with Gasteiger partial charge < -0.3 is 9.13 Å². The Morgan fingerprint density at radius 1 is 0.219 bits per heavy atom. The fourth-order valence-corrected chi connectivity index (χ4v) is 13.0. The Labute approximate surface area is 550 Å². The molecule has 15 rings (SSSR count). The lowest BCUT2D eigenvalue weighted by atomic mass is 9.97. The molecule has 0 radical (unpaired) electrons. The van der Waals surface area contributed by atoms with Crippen molar-refractivity contribution in [2.24, 2.45) is 0 Å². The molecule has 12 heteroatoms. The van der Waals surface area contributed by atoms with Gasteiger partial charge in [0.25, 0.3) is 0 Å². The number of hydrogen-bond donors (Lipinski definition) is 0. The van der Waals surface area contributed by atoms with Gasteiger partial charge >= 0.3 is 0 Å². The molecule has 0 aliphatic rings. The molecule has 15 aromatic rings.